The zero-order valence-corrected chi connectivity index (χ0v) is 12.2. The first-order valence-electron chi connectivity index (χ1n) is 6.67. The Balaban J connectivity index is 2.10. The van der Waals surface area contributed by atoms with Crippen LogP contribution in [-0.2, 0) is 4.79 Å². The molecule has 0 aromatic heterocycles. The largest absolute Gasteiger partial charge is 0.495 e. The van der Waals surface area contributed by atoms with Crippen molar-refractivity contribution in [3.8, 4) is 5.75 Å². The Morgan fingerprint density at radius 2 is 1.73 bits per heavy atom. The number of carbonyl (C=O) groups is 1. The number of benzene rings is 2. The summed E-state index contributed by atoms with van der Waals surface area (Å²) in [4.78, 5) is 12.1. The van der Waals surface area contributed by atoms with E-state index in [1.807, 2.05) is 0 Å². The number of halogens is 2. The summed E-state index contributed by atoms with van der Waals surface area (Å²) in [7, 11) is 1.51. The van der Waals surface area contributed by atoms with Gasteiger partial charge in [-0.2, -0.15) is 0 Å². The lowest BCUT2D eigenvalue weighted by atomic mass is 10.2. The first kappa shape index (κ1) is 15.8. The number of hydrogen-bond acceptors (Lipinski definition) is 3. The third-order valence-corrected chi connectivity index (χ3v) is 3.08. The number of rotatable bonds is 5. The SMILES string of the molecule is COc1ccccc1N[C@@H](C)C(=O)Nc1c(F)cccc1F. The molecule has 0 aliphatic heterocycles. The number of nitrogens with one attached hydrogen (secondary N) is 2. The zero-order valence-electron chi connectivity index (χ0n) is 12.2. The maximum absolute atomic E-state index is 13.5. The molecule has 0 fully saturated rings. The van der Waals surface area contributed by atoms with Crippen LogP contribution in [0.2, 0.25) is 0 Å². The highest BCUT2D eigenvalue weighted by Crippen LogP contribution is 2.24. The van der Waals surface area contributed by atoms with Crippen LogP contribution < -0.4 is 15.4 Å². The zero-order chi connectivity index (χ0) is 16.1. The molecule has 0 saturated heterocycles. The van der Waals surface area contributed by atoms with Crippen LogP contribution in [-0.4, -0.2) is 19.1 Å². The van der Waals surface area contributed by atoms with Gasteiger partial charge in [0.25, 0.3) is 0 Å². The van der Waals surface area contributed by atoms with Gasteiger partial charge in [-0.25, -0.2) is 8.78 Å². The second-order valence-corrected chi connectivity index (χ2v) is 4.65. The minimum Gasteiger partial charge on any atom is -0.495 e. The second-order valence-electron chi connectivity index (χ2n) is 4.65. The van der Waals surface area contributed by atoms with Crippen LogP contribution in [0.15, 0.2) is 42.5 Å². The van der Waals surface area contributed by atoms with Crippen molar-refractivity contribution in [2.24, 2.45) is 0 Å². The van der Waals surface area contributed by atoms with Gasteiger partial charge in [0, 0.05) is 0 Å². The topological polar surface area (TPSA) is 50.4 Å². The highest BCUT2D eigenvalue weighted by Gasteiger charge is 2.18. The number of methoxy groups -OCH3 is 1. The number of hydrogen-bond donors (Lipinski definition) is 2. The molecule has 2 rings (SSSR count). The fourth-order valence-electron chi connectivity index (χ4n) is 1.91. The van der Waals surface area contributed by atoms with E-state index in [0.29, 0.717) is 11.4 Å². The standard InChI is InChI=1S/C16H16F2N2O2/c1-10(19-13-8-3-4-9-14(13)22-2)16(21)20-15-11(17)6-5-7-12(15)18/h3-10,19H,1-2H3,(H,20,21)/t10-/m0/s1. The van der Waals surface area contributed by atoms with Crippen molar-refractivity contribution in [3.63, 3.8) is 0 Å². The van der Waals surface area contributed by atoms with Gasteiger partial charge in [0.15, 0.2) is 0 Å². The number of ether oxygens (including phenoxy) is 1. The molecule has 6 heteroatoms. The van der Waals surface area contributed by atoms with Crippen LogP contribution in [0.1, 0.15) is 6.92 Å². The van der Waals surface area contributed by atoms with Crippen LogP contribution in [0.3, 0.4) is 0 Å². The normalized spacial score (nSPS) is 11.6. The van der Waals surface area contributed by atoms with E-state index >= 15 is 0 Å². The summed E-state index contributed by atoms with van der Waals surface area (Å²) >= 11 is 0. The van der Waals surface area contributed by atoms with Gasteiger partial charge in [-0.05, 0) is 31.2 Å². The summed E-state index contributed by atoms with van der Waals surface area (Å²) < 4.78 is 32.2. The average molecular weight is 306 g/mol. The monoisotopic (exact) mass is 306 g/mol. The van der Waals surface area contributed by atoms with Gasteiger partial charge in [0.05, 0.1) is 12.8 Å². The maximum atomic E-state index is 13.5. The second kappa shape index (κ2) is 6.89. The van der Waals surface area contributed by atoms with Crippen molar-refractivity contribution in [2.45, 2.75) is 13.0 Å². The van der Waals surface area contributed by atoms with E-state index in [1.165, 1.54) is 13.2 Å². The number of carbonyl (C=O) groups excluding carboxylic acids is 1. The molecule has 2 aromatic carbocycles. The van der Waals surface area contributed by atoms with E-state index < -0.39 is 29.3 Å². The lowest BCUT2D eigenvalue weighted by Gasteiger charge is -2.17. The number of anilines is 2. The van der Waals surface area contributed by atoms with Gasteiger partial charge >= 0.3 is 0 Å². The summed E-state index contributed by atoms with van der Waals surface area (Å²) in [5, 5.41) is 5.18. The highest BCUT2D eigenvalue weighted by molar-refractivity contribution is 5.96. The third-order valence-electron chi connectivity index (χ3n) is 3.08. The van der Waals surface area contributed by atoms with Gasteiger partial charge in [0.1, 0.15) is 29.1 Å². The van der Waals surface area contributed by atoms with Gasteiger partial charge in [0.2, 0.25) is 5.91 Å². The van der Waals surface area contributed by atoms with Crippen molar-refractivity contribution in [1.29, 1.82) is 0 Å². The summed E-state index contributed by atoms with van der Waals surface area (Å²) in [6, 6.07) is 9.74. The predicted molar refractivity (Wildman–Crippen MR) is 81.1 cm³/mol. The van der Waals surface area contributed by atoms with Gasteiger partial charge < -0.3 is 15.4 Å². The molecule has 0 heterocycles. The number of para-hydroxylation sites is 3. The lowest BCUT2D eigenvalue weighted by molar-refractivity contribution is -0.116. The van der Waals surface area contributed by atoms with Crippen LogP contribution in [0, 0.1) is 11.6 Å². The Hall–Kier alpha value is -2.63. The molecule has 0 spiro atoms. The predicted octanol–water partition coefficient (Wildman–Crippen LogP) is 3.41. The first-order valence-corrected chi connectivity index (χ1v) is 6.67. The van der Waals surface area contributed by atoms with E-state index in [-0.39, 0.29) is 0 Å². The Morgan fingerprint density at radius 1 is 1.09 bits per heavy atom. The average Bonchev–Trinajstić information content (AvgIpc) is 2.51. The van der Waals surface area contributed by atoms with Gasteiger partial charge in [-0.3, -0.25) is 4.79 Å². The van der Waals surface area contributed by atoms with E-state index in [1.54, 1.807) is 31.2 Å². The summed E-state index contributed by atoms with van der Waals surface area (Å²) in [6.07, 6.45) is 0. The van der Waals surface area contributed by atoms with E-state index in [2.05, 4.69) is 10.6 Å². The Morgan fingerprint density at radius 3 is 2.36 bits per heavy atom. The molecule has 1 amide bonds. The van der Waals surface area contributed by atoms with Gasteiger partial charge in [-0.1, -0.05) is 18.2 Å². The van der Waals surface area contributed by atoms with Crippen molar-refractivity contribution >= 4 is 17.3 Å². The summed E-state index contributed by atoms with van der Waals surface area (Å²) in [5.41, 5.74) is 0.155. The van der Waals surface area contributed by atoms with Crippen LogP contribution in [0.25, 0.3) is 0 Å². The van der Waals surface area contributed by atoms with Crippen molar-refractivity contribution in [3.05, 3.63) is 54.1 Å². The quantitative estimate of drug-likeness (QED) is 0.890. The molecule has 4 nitrogen and oxygen atoms in total. The summed E-state index contributed by atoms with van der Waals surface area (Å²) in [5.74, 6) is -1.63. The van der Waals surface area contributed by atoms with E-state index in [0.717, 1.165) is 12.1 Å². The van der Waals surface area contributed by atoms with Crippen LogP contribution in [0.4, 0.5) is 20.2 Å². The van der Waals surface area contributed by atoms with Crippen molar-refractivity contribution < 1.29 is 18.3 Å². The third kappa shape index (κ3) is 3.52. The Labute approximate surface area is 127 Å². The van der Waals surface area contributed by atoms with Crippen LogP contribution in [0.5, 0.6) is 5.75 Å². The fourth-order valence-corrected chi connectivity index (χ4v) is 1.91. The molecule has 1 atom stereocenters. The molecule has 0 aliphatic carbocycles. The van der Waals surface area contributed by atoms with E-state index in [9.17, 15) is 13.6 Å². The Bertz CT molecular complexity index is 657. The molecular formula is C16H16F2N2O2. The van der Waals surface area contributed by atoms with Crippen LogP contribution >= 0.6 is 0 Å². The molecule has 2 aromatic rings. The number of amides is 1. The minimum atomic E-state index is -0.821. The summed E-state index contributed by atoms with van der Waals surface area (Å²) in [6.45, 7) is 1.58. The Kier molecular flexibility index (Phi) is 4.93. The maximum Gasteiger partial charge on any atom is 0.246 e. The molecule has 0 bridgehead atoms. The first-order chi connectivity index (χ1) is 10.5. The van der Waals surface area contributed by atoms with Crippen molar-refractivity contribution in [2.75, 3.05) is 17.7 Å². The molecule has 0 radical (unpaired) electrons. The fraction of sp³-hybridized carbons (Fsp3) is 0.188. The molecule has 22 heavy (non-hydrogen) atoms. The molecule has 0 aliphatic rings. The molecule has 2 N–H and O–H groups in total. The smallest absolute Gasteiger partial charge is 0.246 e. The van der Waals surface area contributed by atoms with Gasteiger partial charge in [-0.15, -0.1) is 0 Å². The highest BCUT2D eigenvalue weighted by atomic mass is 19.1. The lowest BCUT2D eigenvalue weighted by Crippen LogP contribution is -2.32. The molecule has 116 valence electrons. The molecule has 0 saturated carbocycles. The van der Waals surface area contributed by atoms with Crippen molar-refractivity contribution in [1.82, 2.24) is 0 Å². The minimum absolute atomic E-state index is 0.457. The van der Waals surface area contributed by atoms with E-state index in [4.69, 9.17) is 4.74 Å². The molecular weight excluding hydrogens is 290 g/mol. The molecule has 0 unspecified atom stereocenters.